The van der Waals surface area contributed by atoms with Crippen LogP contribution in [0.25, 0.3) is 0 Å². The van der Waals surface area contributed by atoms with E-state index < -0.39 is 23.7 Å². The van der Waals surface area contributed by atoms with Gasteiger partial charge in [0, 0.05) is 5.56 Å². The first-order chi connectivity index (χ1) is 12.0. The third-order valence-electron chi connectivity index (χ3n) is 3.43. The van der Waals surface area contributed by atoms with Crippen molar-refractivity contribution < 1.29 is 28.2 Å². The summed E-state index contributed by atoms with van der Waals surface area (Å²) in [7, 11) is 0. The minimum atomic E-state index is -0.887. The first-order valence-corrected chi connectivity index (χ1v) is 7.45. The highest BCUT2D eigenvalue weighted by Crippen LogP contribution is 2.32. The van der Waals surface area contributed by atoms with E-state index in [9.17, 15) is 14.0 Å². The van der Waals surface area contributed by atoms with E-state index in [1.165, 1.54) is 37.3 Å². The molecule has 0 aliphatic carbocycles. The predicted molar refractivity (Wildman–Crippen MR) is 84.7 cm³/mol. The van der Waals surface area contributed by atoms with Gasteiger partial charge in [-0.25, -0.2) is 4.39 Å². The standard InChI is InChI=1S/C17H15FN2O5/c1-10(25-13-5-3-12(18)4-6-13)16(21)19-20-17(22)11-2-7-14-15(8-11)24-9-23-14/h2-8,10H,9H2,1H3,(H,19,21)(H,20,22). The van der Waals surface area contributed by atoms with Crippen LogP contribution in [0.5, 0.6) is 17.2 Å². The lowest BCUT2D eigenvalue weighted by Crippen LogP contribution is -2.47. The molecule has 0 spiro atoms. The molecule has 2 N–H and O–H groups in total. The first-order valence-electron chi connectivity index (χ1n) is 7.45. The first kappa shape index (κ1) is 16.6. The number of ether oxygens (including phenoxy) is 3. The molecule has 0 aromatic heterocycles. The molecule has 0 radical (unpaired) electrons. The predicted octanol–water partition coefficient (Wildman–Crippen LogP) is 1.78. The SMILES string of the molecule is CC(Oc1ccc(F)cc1)C(=O)NNC(=O)c1ccc2c(c1)OCO2. The van der Waals surface area contributed by atoms with Crippen molar-refractivity contribution >= 4 is 11.8 Å². The highest BCUT2D eigenvalue weighted by Gasteiger charge is 2.18. The molecule has 0 fully saturated rings. The Morgan fingerprint density at radius 3 is 2.56 bits per heavy atom. The van der Waals surface area contributed by atoms with Crippen LogP contribution in [0.4, 0.5) is 4.39 Å². The topological polar surface area (TPSA) is 85.9 Å². The molecule has 2 aromatic rings. The Bertz CT molecular complexity index is 794. The molecule has 1 unspecified atom stereocenters. The molecular formula is C17H15FN2O5. The Kier molecular flexibility index (Phi) is 4.69. The van der Waals surface area contributed by atoms with Gasteiger partial charge in [0.05, 0.1) is 0 Å². The number of hydrogen-bond donors (Lipinski definition) is 2. The van der Waals surface area contributed by atoms with Gasteiger partial charge in [0.2, 0.25) is 6.79 Å². The summed E-state index contributed by atoms with van der Waals surface area (Å²) in [5, 5.41) is 0. The van der Waals surface area contributed by atoms with Crippen LogP contribution in [-0.4, -0.2) is 24.7 Å². The van der Waals surface area contributed by atoms with E-state index in [1.807, 2.05) is 0 Å². The molecule has 3 rings (SSSR count). The molecular weight excluding hydrogens is 331 g/mol. The minimum absolute atomic E-state index is 0.107. The molecule has 0 bridgehead atoms. The van der Waals surface area contributed by atoms with Gasteiger partial charge in [-0.2, -0.15) is 0 Å². The van der Waals surface area contributed by atoms with E-state index in [-0.39, 0.29) is 6.79 Å². The van der Waals surface area contributed by atoms with Crippen LogP contribution < -0.4 is 25.1 Å². The summed E-state index contributed by atoms with van der Waals surface area (Å²) < 4.78 is 28.6. The van der Waals surface area contributed by atoms with Crippen LogP contribution in [-0.2, 0) is 4.79 Å². The minimum Gasteiger partial charge on any atom is -0.481 e. The number of rotatable bonds is 4. The van der Waals surface area contributed by atoms with Crippen molar-refractivity contribution in [3.63, 3.8) is 0 Å². The van der Waals surface area contributed by atoms with Gasteiger partial charge < -0.3 is 14.2 Å². The maximum Gasteiger partial charge on any atom is 0.279 e. The molecule has 7 nitrogen and oxygen atoms in total. The van der Waals surface area contributed by atoms with Crippen molar-refractivity contribution in [3.8, 4) is 17.2 Å². The van der Waals surface area contributed by atoms with Gasteiger partial charge in [-0.1, -0.05) is 0 Å². The van der Waals surface area contributed by atoms with E-state index in [1.54, 1.807) is 12.1 Å². The summed E-state index contributed by atoms with van der Waals surface area (Å²) in [6.45, 7) is 1.61. The van der Waals surface area contributed by atoms with Gasteiger partial charge in [0.1, 0.15) is 11.6 Å². The number of fused-ring (bicyclic) bond motifs is 1. The van der Waals surface area contributed by atoms with Crippen LogP contribution in [0.2, 0.25) is 0 Å². The van der Waals surface area contributed by atoms with E-state index >= 15 is 0 Å². The van der Waals surface area contributed by atoms with Gasteiger partial charge in [-0.15, -0.1) is 0 Å². The highest BCUT2D eigenvalue weighted by atomic mass is 19.1. The lowest BCUT2D eigenvalue weighted by molar-refractivity contribution is -0.128. The van der Waals surface area contributed by atoms with Crippen molar-refractivity contribution in [2.24, 2.45) is 0 Å². The fourth-order valence-corrected chi connectivity index (χ4v) is 2.10. The van der Waals surface area contributed by atoms with Crippen molar-refractivity contribution in [1.29, 1.82) is 0 Å². The maximum atomic E-state index is 12.8. The summed E-state index contributed by atoms with van der Waals surface area (Å²) in [4.78, 5) is 24.0. The summed E-state index contributed by atoms with van der Waals surface area (Å²) in [5.41, 5.74) is 4.86. The van der Waals surface area contributed by atoms with E-state index in [2.05, 4.69) is 10.9 Å². The van der Waals surface area contributed by atoms with Crippen LogP contribution in [0.1, 0.15) is 17.3 Å². The number of amides is 2. The fourth-order valence-electron chi connectivity index (χ4n) is 2.10. The Morgan fingerprint density at radius 2 is 1.80 bits per heavy atom. The zero-order valence-corrected chi connectivity index (χ0v) is 13.2. The number of nitrogens with one attached hydrogen (secondary N) is 2. The molecule has 0 saturated carbocycles. The molecule has 25 heavy (non-hydrogen) atoms. The zero-order valence-electron chi connectivity index (χ0n) is 13.2. The molecule has 1 aliphatic rings. The molecule has 1 heterocycles. The van der Waals surface area contributed by atoms with Gasteiger partial charge in [0.15, 0.2) is 17.6 Å². The monoisotopic (exact) mass is 346 g/mol. The molecule has 2 aromatic carbocycles. The van der Waals surface area contributed by atoms with Crippen molar-refractivity contribution in [2.45, 2.75) is 13.0 Å². The number of carbonyl (C=O) groups is 2. The largest absolute Gasteiger partial charge is 0.481 e. The highest BCUT2D eigenvalue weighted by molar-refractivity contribution is 5.96. The Hall–Kier alpha value is -3.29. The van der Waals surface area contributed by atoms with Gasteiger partial charge in [-0.3, -0.25) is 20.4 Å². The van der Waals surface area contributed by atoms with Gasteiger partial charge in [0.25, 0.3) is 11.8 Å². The smallest absolute Gasteiger partial charge is 0.279 e. The molecule has 1 atom stereocenters. The van der Waals surface area contributed by atoms with Crippen LogP contribution in [0, 0.1) is 5.82 Å². The van der Waals surface area contributed by atoms with E-state index in [4.69, 9.17) is 14.2 Å². The summed E-state index contributed by atoms with van der Waals surface area (Å²) >= 11 is 0. The lowest BCUT2D eigenvalue weighted by Gasteiger charge is -2.15. The van der Waals surface area contributed by atoms with Gasteiger partial charge in [-0.05, 0) is 49.4 Å². The van der Waals surface area contributed by atoms with Crippen LogP contribution in [0.3, 0.4) is 0 Å². The molecule has 130 valence electrons. The van der Waals surface area contributed by atoms with Crippen LogP contribution in [0.15, 0.2) is 42.5 Å². The number of hydrogen-bond acceptors (Lipinski definition) is 5. The van der Waals surface area contributed by atoms with Crippen LogP contribution >= 0.6 is 0 Å². The number of hydrazine groups is 1. The maximum absolute atomic E-state index is 12.8. The zero-order chi connectivity index (χ0) is 17.8. The second-order valence-electron chi connectivity index (χ2n) is 5.23. The Morgan fingerprint density at radius 1 is 1.08 bits per heavy atom. The Labute approximate surface area is 142 Å². The number of halogens is 1. The van der Waals surface area contributed by atoms with Crippen molar-refractivity contribution in [2.75, 3.05) is 6.79 Å². The second-order valence-corrected chi connectivity index (χ2v) is 5.23. The number of benzene rings is 2. The quantitative estimate of drug-likeness (QED) is 0.825. The third kappa shape index (κ3) is 3.97. The summed E-state index contributed by atoms with van der Waals surface area (Å²) in [6.07, 6.45) is -0.887. The molecule has 2 amide bonds. The van der Waals surface area contributed by atoms with E-state index in [0.717, 1.165) is 0 Å². The number of carbonyl (C=O) groups excluding carboxylic acids is 2. The van der Waals surface area contributed by atoms with Crippen molar-refractivity contribution in [1.82, 2.24) is 10.9 Å². The molecule has 8 heteroatoms. The second kappa shape index (κ2) is 7.08. The third-order valence-corrected chi connectivity index (χ3v) is 3.43. The van der Waals surface area contributed by atoms with Crippen molar-refractivity contribution in [3.05, 3.63) is 53.8 Å². The van der Waals surface area contributed by atoms with E-state index in [0.29, 0.717) is 22.8 Å². The molecule has 1 aliphatic heterocycles. The summed E-state index contributed by atoms with van der Waals surface area (Å²) in [5.74, 6) is -0.112. The Balaban J connectivity index is 1.52. The normalized spacial score (nSPS) is 13.0. The average Bonchev–Trinajstić information content (AvgIpc) is 3.08. The van der Waals surface area contributed by atoms with Gasteiger partial charge >= 0.3 is 0 Å². The summed E-state index contributed by atoms with van der Waals surface area (Å²) in [6, 6.07) is 9.94. The fraction of sp³-hybridized carbons (Fsp3) is 0.176. The lowest BCUT2D eigenvalue weighted by atomic mass is 10.2. The molecule has 0 saturated heterocycles. The average molecular weight is 346 g/mol.